The SMILES string of the molecule is CCC(CCO)CNS(=O)(=O)c1ccc(I)cc1. The smallest absolute Gasteiger partial charge is 0.240 e. The highest BCUT2D eigenvalue weighted by Crippen LogP contribution is 2.13. The van der Waals surface area contributed by atoms with Crippen LogP contribution >= 0.6 is 22.6 Å². The van der Waals surface area contributed by atoms with Gasteiger partial charge in [-0.05, 0) is 59.2 Å². The molecule has 1 aromatic rings. The van der Waals surface area contributed by atoms with Crippen molar-refractivity contribution in [2.24, 2.45) is 5.92 Å². The molecule has 0 aliphatic rings. The van der Waals surface area contributed by atoms with E-state index in [1.165, 1.54) is 0 Å². The topological polar surface area (TPSA) is 66.4 Å². The maximum absolute atomic E-state index is 12.0. The fraction of sp³-hybridized carbons (Fsp3) is 0.500. The maximum Gasteiger partial charge on any atom is 0.240 e. The quantitative estimate of drug-likeness (QED) is 0.708. The summed E-state index contributed by atoms with van der Waals surface area (Å²) in [5, 5.41) is 8.87. The van der Waals surface area contributed by atoms with Gasteiger partial charge in [-0.2, -0.15) is 0 Å². The van der Waals surface area contributed by atoms with Gasteiger partial charge in [-0.25, -0.2) is 13.1 Å². The van der Waals surface area contributed by atoms with Crippen molar-refractivity contribution in [3.8, 4) is 0 Å². The van der Waals surface area contributed by atoms with Crippen molar-refractivity contribution in [2.75, 3.05) is 13.2 Å². The molecule has 0 amide bonds. The fourth-order valence-electron chi connectivity index (χ4n) is 1.56. The van der Waals surface area contributed by atoms with Crippen LogP contribution in [0.25, 0.3) is 0 Å². The molecule has 0 saturated heterocycles. The molecule has 102 valence electrons. The monoisotopic (exact) mass is 383 g/mol. The summed E-state index contributed by atoms with van der Waals surface area (Å²) in [7, 11) is -3.44. The van der Waals surface area contributed by atoms with Gasteiger partial charge in [-0.3, -0.25) is 0 Å². The standard InChI is InChI=1S/C12H18INO3S/c1-2-10(7-8-15)9-14-18(16,17)12-5-3-11(13)4-6-12/h3-6,10,14-15H,2,7-9H2,1H3. The molecule has 0 radical (unpaired) electrons. The summed E-state index contributed by atoms with van der Waals surface area (Å²) in [6.45, 7) is 2.44. The minimum atomic E-state index is -3.44. The first-order valence-electron chi connectivity index (χ1n) is 5.85. The van der Waals surface area contributed by atoms with Crippen LogP contribution in [0.1, 0.15) is 19.8 Å². The molecule has 0 saturated carbocycles. The van der Waals surface area contributed by atoms with E-state index >= 15 is 0 Å². The first-order valence-corrected chi connectivity index (χ1v) is 8.42. The second kappa shape index (κ2) is 7.42. The van der Waals surface area contributed by atoms with Crippen LogP contribution in [0.5, 0.6) is 0 Å². The molecule has 0 aromatic heterocycles. The first-order chi connectivity index (χ1) is 8.49. The van der Waals surface area contributed by atoms with Crippen LogP contribution in [0.2, 0.25) is 0 Å². The Hall–Kier alpha value is -0.180. The van der Waals surface area contributed by atoms with Gasteiger partial charge in [0.2, 0.25) is 10.0 Å². The molecule has 0 aliphatic carbocycles. The molecule has 1 aromatic carbocycles. The molecular formula is C12H18INO3S. The summed E-state index contributed by atoms with van der Waals surface area (Å²) in [5.41, 5.74) is 0. The Bertz CT molecular complexity index is 459. The highest BCUT2D eigenvalue weighted by atomic mass is 127. The van der Waals surface area contributed by atoms with Gasteiger partial charge in [0.15, 0.2) is 0 Å². The van der Waals surface area contributed by atoms with Crippen molar-refractivity contribution >= 4 is 32.6 Å². The number of benzene rings is 1. The summed E-state index contributed by atoms with van der Waals surface area (Å²) in [6, 6.07) is 6.72. The number of halogens is 1. The number of hydrogen-bond donors (Lipinski definition) is 2. The minimum Gasteiger partial charge on any atom is -0.396 e. The third-order valence-electron chi connectivity index (χ3n) is 2.80. The van der Waals surface area contributed by atoms with E-state index in [-0.39, 0.29) is 17.4 Å². The number of aliphatic hydroxyl groups excluding tert-OH is 1. The Balaban J connectivity index is 2.67. The summed E-state index contributed by atoms with van der Waals surface area (Å²) in [6.07, 6.45) is 1.46. The Labute approximate surface area is 122 Å². The summed E-state index contributed by atoms with van der Waals surface area (Å²) in [5.74, 6) is 0.175. The largest absolute Gasteiger partial charge is 0.396 e. The van der Waals surface area contributed by atoms with Crippen LogP contribution in [0.4, 0.5) is 0 Å². The second-order valence-electron chi connectivity index (χ2n) is 4.09. The highest BCUT2D eigenvalue weighted by molar-refractivity contribution is 14.1. The molecular weight excluding hydrogens is 365 g/mol. The molecule has 0 heterocycles. The van der Waals surface area contributed by atoms with Gasteiger partial charge in [0.1, 0.15) is 0 Å². The zero-order chi connectivity index (χ0) is 13.6. The normalized spacial score (nSPS) is 13.5. The first kappa shape index (κ1) is 15.9. The van der Waals surface area contributed by atoms with E-state index in [9.17, 15) is 8.42 Å². The highest BCUT2D eigenvalue weighted by Gasteiger charge is 2.15. The van der Waals surface area contributed by atoms with Gasteiger partial charge in [0.05, 0.1) is 4.90 Å². The predicted molar refractivity (Wildman–Crippen MR) is 79.8 cm³/mol. The van der Waals surface area contributed by atoms with Crippen molar-refractivity contribution in [1.29, 1.82) is 0 Å². The van der Waals surface area contributed by atoms with E-state index in [1.807, 2.05) is 6.92 Å². The number of rotatable bonds is 7. The molecule has 1 atom stereocenters. The Morgan fingerprint density at radius 3 is 2.44 bits per heavy atom. The number of hydrogen-bond acceptors (Lipinski definition) is 3. The van der Waals surface area contributed by atoms with Crippen molar-refractivity contribution in [2.45, 2.75) is 24.7 Å². The van der Waals surface area contributed by atoms with Gasteiger partial charge in [-0.15, -0.1) is 0 Å². The molecule has 1 unspecified atom stereocenters. The lowest BCUT2D eigenvalue weighted by molar-refractivity contribution is 0.254. The van der Waals surface area contributed by atoms with Crippen LogP contribution in [0, 0.1) is 9.49 Å². The van der Waals surface area contributed by atoms with Gasteiger partial charge in [0, 0.05) is 16.7 Å². The molecule has 0 aliphatic heterocycles. The van der Waals surface area contributed by atoms with E-state index in [0.29, 0.717) is 13.0 Å². The third kappa shape index (κ3) is 4.83. The van der Waals surface area contributed by atoms with Gasteiger partial charge >= 0.3 is 0 Å². The molecule has 6 heteroatoms. The predicted octanol–water partition coefficient (Wildman–Crippen LogP) is 1.98. The van der Waals surface area contributed by atoms with Gasteiger partial charge < -0.3 is 5.11 Å². The van der Waals surface area contributed by atoms with Crippen LogP contribution in [-0.4, -0.2) is 26.7 Å². The third-order valence-corrected chi connectivity index (χ3v) is 4.96. The molecule has 4 nitrogen and oxygen atoms in total. The van der Waals surface area contributed by atoms with Crippen LogP contribution in [0.15, 0.2) is 29.2 Å². The Kier molecular flexibility index (Phi) is 6.54. The average Bonchev–Trinajstić information content (AvgIpc) is 2.35. The van der Waals surface area contributed by atoms with Crippen molar-refractivity contribution in [1.82, 2.24) is 4.72 Å². The molecule has 0 bridgehead atoms. The molecule has 0 fully saturated rings. The van der Waals surface area contributed by atoms with E-state index < -0.39 is 10.0 Å². The molecule has 2 N–H and O–H groups in total. The second-order valence-corrected chi connectivity index (χ2v) is 7.10. The summed E-state index contributed by atoms with van der Waals surface area (Å²) < 4.78 is 27.6. The number of aliphatic hydroxyl groups is 1. The Morgan fingerprint density at radius 1 is 1.33 bits per heavy atom. The zero-order valence-corrected chi connectivity index (χ0v) is 13.2. The van der Waals surface area contributed by atoms with Crippen LogP contribution in [-0.2, 0) is 10.0 Å². The van der Waals surface area contributed by atoms with E-state index in [0.717, 1.165) is 9.99 Å². The maximum atomic E-state index is 12.0. The lowest BCUT2D eigenvalue weighted by atomic mass is 10.0. The fourth-order valence-corrected chi connectivity index (χ4v) is 3.03. The molecule has 0 spiro atoms. The lowest BCUT2D eigenvalue weighted by Crippen LogP contribution is -2.29. The average molecular weight is 383 g/mol. The van der Waals surface area contributed by atoms with Crippen molar-refractivity contribution < 1.29 is 13.5 Å². The lowest BCUT2D eigenvalue weighted by Gasteiger charge is -2.14. The number of nitrogens with one attached hydrogen (secondary N) is 1. The minimum absolute atomic E-state index is 0.0871. The van der Waals surface area contributed by atoms with Crippen LogP contribution in [0.3, 0.4) is 0 Å². The van der Waals surface area contributed by atoms with Crippen molar-refractivity contribution in [3.05, 3.63) is 27.8 Å². The summed E-state index contributed by atoms with van der Waals surface area (Å²) >= 11 is 2.13. The van der Waals surface area contributed by atoms with Gasteiger partial charge in [0.25, 0.3) is 0 Å². The van der Waals surface area contributed by atoms with E-state index in [4.69, 9.17) is 5.11 Å². The Morgan fingerprint density at radius 2 is 1.94 bits per heavy atom. The zero-order valence-electron chi connectivity index (χ0n) is 10.3. The number of sulfonamides is 1. The van der Waals surface area contributed by atoms with Crippen molar-refractivity contribution in [3.63, 3.8) is 0 Å². The molecule has 18 heavy (non-hydrogen) atoms. The van der Waals surface area contributed by atoms with Gasteiger partial charge in [-0.1, -0.05) is 13.3 Å². The molecule has 1 rings (SSSR count). The van der Waals surface area contributed by atoms with E-state index in [1.54, 1.807) is 24.3 Å². The summed E-state index contributed by atoms with van der Waals surface area (Å²) in [4.78, 5) is 0.279. The van der Waals surface area contributed by atoms with Crippen LogP contribution < -0.4 is 4.72 Å². The van der Waals surface area contributed by atoms with E-state index in [2.05, 4.69) is 27.3 Å².